The highest BCUT2D eigenvalue weighted by Crippen LogP contribution is 2.27. The van der Waals surface area contributed by atoms with Gasteiger partial charge in [0.25, 0.3) is 0 Å². The summed E-state index contributed by atoms with van der Waals surface area (Å²) in [7, 11) is 0. The Morgan fingerprint density at radius 3 is 2.63 bits per heavy atom. The van der Waals surface area contributed by atoms with Gasteiger partial charge in [0.1, 0.15) is 12.4 Å². The smallest absolute Gasteiger partial charge is 0.128 e. The van der Waals surface area contributed by atoms with Crippen molar-refractivity contribution in [3.63, 3.8) is 0 Å². The molecule has 0 radical (unpaired) electrons. The van der Waals surface area contributed by atoms with Gasteiger partial charge in [-0.15, -0.1) is 0 Å². The zero-order valence-electron chi connectivity index (χ0n) is 15.0. The van der Waals surface area contributed by atoms with E-state index in [2.05, 4.69) is 40.8 Å². The Kier molecular flexibility index (Phi) is 6.59. The highest BCUT2D eigenvalue weighted by atomic mass is 79.9. The molecule has 5 heteroatoms. The monoisotopic (exact) mass is 461 g/mol. The number of benzene rings is 3. The second-order valence-corrected chi connectivity index (χ2v) is 7.94. The first kappa shape index (κ1) is 19.9. The molecule has 0 aliphatic carbocycles. The SMILES string of the molecule is Cc1cccc(N=Cc2cc(Br)ccc2OCc2ccc(Cl)cc2Cl)c1C. The van der Waals surface area contributed by atoms with Crippen LogP contribution in [0.25, 0.3) is 0 Å². The van der Waals surface area contributed by atoms with Crippen LogP contribution in [-0.2, 0) is 6.61 Å². The van der Waals surface area contributed by atoms with E-state index in [1.807, 2.05) is 42.6 Å². The Labute approximate surface area is 177 Å². The quantitative estimate of drug-likeness (QED) is 0.356. The number of aryl methyl sites for hydroxylation is 1. The summed E-state index contributed by atoms with van der Waals surface area (Å²) in [6.07, 6.45) is 1.82. The lowest BCUT2D eigenvalue weighted by Crippen LogP contribution is -1.99. The van der Waals surface area contributed by atoms with Gasteiger partial charge in [-0.05, 0) is 61.4 Å². The van der Waals surface area contributed by atoms with Crippen LogP contribution in [0.3, 0.4) is 0 Å². The third kappa shape index (κ3) is 5.13. The molecule has 0 amide bonds. The molecule has 0 unspecified atom stereocenters. The van der Waals surface area contributed by atoms with Crippen molar-refractivity contribution in [2.45, 2.75) is 20.5 Å². The second-order valence-electron chi connectivity index (χ2n) is 6.18. The summed E-state index contributed by atoms with van der Waals surface area (Å²) in [5, 5.41) is 1.19. The highest BCUT2D eigenvalue weighted by Gasteiger charge is 2.07. The standard InChI is InChI=1S/C22H18BrCl2NO/c1-14-4-3-5-21(15(14)2)26-12-17-10-18(23)7-9-22(17)27-13-16-6-8-19(24)11-20(16)25/h3-12H,13H2,1-2H3. The molecule has 0 saturated carbocycles. The van der Waals surface area contributed by atoms with E-state index in [1.54, 1.807) is 12.1 Å². The number of halogens is 3. The van der Waals surface area contributed by atoms with Crippen molar-refractivity contribution in [1.29, 1.82) is 0 Å². The van der Waals surface area contributed by atoms with Gasteiger partial charge >= 0.3 is 0 Å². The Morgan fingerprint density at radius 2 is 1.85 bits per heavy atom. The van der Waals surface area contributed by atoms with Crippen LogP contribution >= 0.6 is 39.1 Å². The van der Waals surface area contributed by atoms with Crippen molar-refractivity contribution in [1.82, 2.24) is 0 Å². The number of hydrogen-bond acceptors (Lipinski definition) is 2. The molecule has 3 aromatic carbocycles. The molecule has 0 fully saturated rings. The van der Waals surface area contributed by atoms with E-state index in [4.69, 9.17) is 27.9 Å². The summed E-state index contributed by atoms with van der Waals surface area (Å²) < 4.78 is 6.96. The van der Waals surface area contributed by atoms with Gasteiger partial charge in [0.2, 0.25) is 0 Å². The minimum Gasteiger partial charge on any atom is -0.488 e. The van der Waals surface area contributed by atoms with Crippen LogP contribution in [0.4, 0.5) is 5.69 Å². The number of aliphatic imine (C=N–C) groups is 1. The molecule has 0 atom stereocenters. The van der Waals surface area contributed by atoms with Gasteiger partial charge in [-0.25, -0.2) is 0 Å². The van der Waals surface area contributed by atoms with Gasteiger partial charge in [0.15, 0.2) is 0 Å². The summed E-state index contributed by atoms with van der Waals surface area (Å²) in [6, 6.07) is 17.3. The molecule has 0 saturated heterocycles. The lowest BCUT2D eigenvalue weighted by Gasteiger charge is -2.11. The second kappa shape index (κ2) is 8.92. The third-order valence-electron chi connectivity index (χ3n) is 4.29. The number of ether oxygens (including phenoxy) is 1. The van der Waals surface area contributed by atoms with Crippen LogP contribution in [0.15, 0.2) is 64.1 Å². The molecule has 138 valence electrons. The van der Waals surface area contributed by atoms with Gasteiger partial charge in [-0.1, -0.05) is 57.3 Å². The van der Waals surface area contributed by atoms with E-state index in [1.165, 1.54) is 11.1 Å². The first-order valence-electron chi connectivity index (χ1n) is 8.40. The first-order valence-corrected chi connectivity index (χ1v) is 9.95. The Bertz CT molecular complexity index is 1000. The van der Waals surface area contributed by atoms with Crippen LogP contribution in [0.5, 0.6) is 5.75 Å². The maximum Gasteiger partial charge on any atom is 0.128 e. The molecular formula is C22H18BrCl2NO. The zero-order valence-corrected chi connectivity index (χ0v) is 18.1. The molecule has 0 spiro atoms. The summed E-state index contributed by atoms with van der Waals surface area (Å²) >= 11 is 15.7. The van der Waals surface area contributed by atoms with Crippen LogP contribution in [-0.4, -0.2) is 6.21 Å². The van der Waals surface area contributed by atoms with Gasteiger partial charge in [-0.2, -0.15) is 0 Å². The summed E-state index contributed by atoms with van der Waals surface area (Å²) in [6.45, 7) is 4.50. The van der Waals surface area contributed by atoms with Crippen molar-refractivity contribution in [2.24, 2.45) is 4.99 Å². The minimum atomic E-state index is 0.349. The van der Waals surface area contributed by atoms with Crippen molar-refractivity contribution < 1.29 is 4.74 Å². The largest absolute Gasteiger partial charge is 0.488 e. The van der Waals surface area contributed by atoms with Crippen molar-refractivity contribution in [3.8, 4) is 5.75 Å². The van der Waals surface area contributed by atoms with E-state index in [0.29, 0.717) is 16.7 Å². The van der Waals surface area contributed by atoms with E-state index in [9.17, 15) is 0 Å². The van der Waals surface area contributed by atoms with Crippen LogP contribution < -0.4 is 4.74 Å². The Balaban J connectivity index is 1.84. The van der Waals surface area contributed by atoms with Crippen LogP contribution in [0.1, 0.15) is 22.3 Å². The average molecular weight is 463 g/mol. The van der Waals surface area contributed by atoms with Crippen molar-refractivity contribution >= 4 is 51.0 Å². The fraction of sp³-hybridized carbons (Fsp3) is 0.136. The van der Waals surface area contributed by atoms with Gasteiger partial charge in [0.05, 0.1) is 5.69 Å². The molecule has 0 aromatic heterocycles. The predicted molar refractivity (Wildman–Crippen MR) is 118 cm³/mol. The number of rotatable bonds is 5. The normalized spacial score (nSPS) is 11.1. The molecule has 27 heavy (non-hydrogen) atoms. The van der Waals surface area contributed by atoms with E-state index < -0.39 is 0 Å². The van der Waals surface area contributed by atoms with Gasteiger partial charge in [-0.3, -0.25) is 4.99 Å². The Morgan fingerprint density at radius 1 is 1.04 bits per heavy atom. The fourth-order valence-electron chi connectivity index (χ4n) is 2.56. The molecule has 0 heterocycles. The van der Waals surface area contributed by atoms with E-state index >= 15 is 0 Å². The average Bonchev–Trinajstić information content (AvgIpc) is 2.63. The predicted octanol–water partition coefficient (Wildman–Crippen LogP) is 7.70. The van der Waals surface area contributed by atoms with E-state index in [-0.39, 0.29) is 0 Å². The van der Waals surface area contributed by atoms with Crippen LogP contribution in [0.2, 0.25) is 10.0 Å². The van der Waals surface area contributed by atoms with Gasteiger partial charge in [0, 0.05) is 31.9 Å². The van der Waals surface area contributed by atoms with Gasteiger partial charge < -0.3 is 4.74 Å². The molecule has 0 bridgehead atoms. The summed E-state index contributed by atoms with van der Waals surface area (Å²) in [5.41, 5.74) is 5.09. The van der Waals surface area contributed by atoms with Crippen molar-refractivity contribution in [2.75, 3.05) is 0 Å². The zero-order chi connectivity index (χ0) is 19.4. The van der Waals surface area contributed by atoms with Crippen LogP contribution in [0, 0.1) is 13.8 Å². The maximum atomic E-state index is 6.24. The summed E-state index contributed by atoms with van der Waals surface area (Å²) in [4.78, 5) is 4.65. The maximum absolute atomic E-state index is 6.24. The molecule has 3 rings (SSSR count). The topological polar surface area (TPSA) is 21.6 Å². The molecule has 2 nitrogen and oxygen atoms in total. The molecule has 0 aliphatic heterocycles. The van der Waals surface area contributed by atoms with Crippen molar-refractivity contribution in [3.05, 3.63) is 91.4 Å². The highest BCUT2D eigenvalue weighted by molar-refractivity contribution is 9.10. The minimum absolute atomic E-state index is 0.349. The number of nitrogens with zero attached hydrogens (tertiary/aromatic N) is 1. The molecule has 0 N–H and O–H groups in total. The third-order valence-corrected chi connectivity index (χ3v) is 5.37. The lowest BCUT2D eigenvalue weighted by atomic mass is 10.1. The first-order chi connectivity index (χ1) is 12.9. The molecular weight excluding hydrogens is 445 g/mol. The summed E-state index contributed by atoms with van der Waals surface area (Å²) in [5.74, 6) is 0.735. The van der Waals surface area contributed by atoms with E-state index in [0.717, 1.165) is 27.0 Å². The lowest BCUT2D eigenvalue weighted by molar-refractivity contribution is 0.306. The molecule has 3 aromatic rings. The Hall–Kier alpha value is -1.81. The number of hydrogen-bond donors (Lipinski definition) is 0. The molecule has 0 aliphatic rings. The fourth-order valence-corrected chi connectivity index (χ4v) is 3.40.